The van der Waals surface area contributed by atoms with E-state index in [1.54, 1.807) is 6.20 Å². The van der Waals surface area contributed by atoms with E-state index in [4.69, 9.17) is 0 Å². The SMILES string of the molecule is CN1C(C)(C)CC(Nc2ccnnn2)CC1(C)C. The van der Waals surface area contributed by atoms with Gasteiger partial charge in [-0.05, 0) is 52.8 Å². The Hall–Kier alpha value is -1.23. The van der Waals surface area contributed by atoms with E-state index in [0.717, 1.165) is 18.7 Å². The lowest BCUT2D eigenvalue weighted by atomic mass is 9.77. The summed E-state index contributed by atoms with van der Waals surface area (Å²) in [4.78, 5) is 2.47. The first-order valence-electron chi connectivity index (χ1n) is 6.46. The van der Waals surface area contributed by atoms with Crippen LogP contribution >= 0.6 is 0 Å². The van der Waals surface area contributed by atoms with E-state index >= 15 is 0 Å². The summed E-state index contributed by atoms with van der Waals surface area (Å²) < 4.78 is 0. The predicted octanol–water partition coefficient (Wildman–Crippen LogP) is 1.93. The zero-order valence-corrected chi connectivity index (χ0v) is 11.9. The van der Waals surface area contributed by atoms with Crippen LogP contribution in [0.4, 0.5) is 5.82 Å². The molecule has 2 rings (SSSR count). The number of aromatic nitrogens is 3. The molecule has 1 fully saturated rings. The highest BCUT2D eigenvalue weighted by Crippen LogP contribution is 2.37. The highest BCUT2D eigenvalue weighted by Gasteiger charge is 2.42. The molecule has 5 heteroatoms. The molecule has 0 amide bonds. The van der Waals surface area contributed by atoms with E-state index in [0.29, 0.717) is 6.04 Å². The Morgan fingerprint density at radius 3 is 2.33 bits per heavy atom. The zero-order valence-electron chi connectivity index (χ0n) is 11.9. The molecule has 1 N–H and O–H groups in total. The minimum absolute atomic E-state index is 0.180. The highest BCUT2D eigenvalue weighted by molar-refractivity contribution is 5.32. The molecule has 0 saturated carbocycles. The molecule has 1 aromatic heterocycles. The fraction of sp³-hybridized carbons (Fsp3) is 0.769. The molecule has 1 aliphatic heterocycles. The molecular formula is C13H23N5. The van der Waals surface area contributed by atoms with Gasteiger partial charge in [-0.1, -0.05) is 0 Å². The van der Waals surface area contributed by atoms with Gasteiger partial charge in [0.1, 0.15) is 0 Å². The molecular weight excluding hydrogens is 226 g/mol. The van der Waals surface area contributed by atoms with Crippen LogP contribution < -0.4 is 5.32 Å². The summed E-state index contributed by atoms with van der Waals surface area (Å²) in [6, 6.07) is 2.29. The summed E-state index contributed by atoms with van der Waals surface area (Å²) in [5, 5.41) is 14.8. The average Bonchev–Trinajstić information content (AvgIpc) is 2.26. The maximum atomic E-state index is 4.00. The third kappa shape index (κ3) is 2.61. The van der Waals surface area contributed by atoms with Crippen molar-refractivity contribution in [3.05, 3.63) is 12.3 Å². The Kier molecular flexibility index (Phi) is 3.27. The van der Waals surface area contributed by atoms with Crippen molar-refractivity contribution in [2.45, 2.75) is 57.7 Å². The molecule has 0 aromatic carbocycles. The molecule has 1 saturated heterocycles. The van der Waals surface area contributed by atoms with Crippen LogP contribution in [-0.4, -0.2) is 44.5 Å². The molecule has 2 heterocycles. The standard InChI is InChI=1S/C13H23N5/c1-12(2)8-10(9-13(3,4)18(12)5)15-11-6-7-14-17-16-11/h6-7,10H,8-9H2,1-5H3,(H,14,15,16). The van der Waals surface area contributed by atoms with Crippen LogP contribution in [-0.2, 0) is 0 Å². The van der Waals surface area contributed by atoms with Crippen LogP contribution in [0.3, 0.4) is 0 Å². The van der Waals surface area contributed by atoms with E-state index in [9.17, 15) is 0 Å². The fourth-order valence-electron chi connectivity index (χ4n) is 3.00. The Labute approximate surface area is 109 Å². The third-order valence-electron chi connectivity index (χ3n) is 4.16. The lowest BCUT2D eigenvalue weighted by Crippen LogP contribution is -2.61. The van der Waals surface area contributed by atoms with Gasteiger partial charge in [-0.15, -0.1) is 10.2 Å². The first kappa shape index (κ1) is 13.2. The van der Waals surface area contributed by atoms with Gasteiger partial charge >= 0.3 is 0 Å². The van der Waals surface area contributed by atoms with Gasteiger partial charge < -0.3 is 5.32 Å². The second-order valence-electron chi connectivity index (χ2n) is 6.44. The maximum Gasteiger partial charge on any atom is 0.152 e. The molecule has 0 unspecified atom stereocenters. The van der Waals surface area contributed by atoms with Crippen molar-refractivity contribution in [3.8, 4) is 0 Å². The van der Waals surface area contributed by atoms with Gasteiger partial charge in [0.25, 0.3) is 0 Å². The smallest absolute Gasteiger partial charge is 0.152 e. The van der Waals surface area contributed by atoms with Crippen molar-refractivity contribution in [1.82, 2.24) is 20.3 Å². The van der Waals surface area contributed by atoms with E-state index in [1.165, 1.54) is 0 Å². The van der Waals surface area contributed by atoms with Crippen LogP contribution in [0.1, 0.15) is 40.5 Å². The predicted molar refractivity (Wildman–Crippen MR) is 72.4 cm³/mol. The Morgan fingerprint density at radius 2 is 1.83 bits per heavy atom. The molecule has 1 aliphatic rings. The number of nitrogens with zero attached hydrogens (tertiary/aromatic N) is 4. The number of likely N-dealkylation sites (tertiary alicyclic amines) is 1. The van der Waals surface area contributed by atoms with E-state index in [2.05, 4.69) is 60.4 Å². The lowest BCUT2D eigenvalue weighted by molar-refractivity contribution is -0.00774. The quantitative estimate of drug-likeness (QED) is 0.868. The highest BCUT2D eigenvalue weighted by atomic mass is 15.3. The normalized spacial score (nSPS) is 23.8. The summed E-state index contributed by atoms with van der Waals surface area (Å²) in [6.45, 7) is 9.17. The van der Waals surface area contributed by atoms with E-state index in [-0.39, 0.29) is 11.1 Å². The van der Waals surface area contributed by atoms with Crippen LogP contribution in [0.15, 0.2) is 12.3 Å². The van der Waals surface area contributed by atoms with Crippen LogP contribution in [0, 0.1) is 0 Å². The molecule has 0 bridgehead atoms. The van der Waals surface area contributed by atoms with Crippen molar-refractivity contribution in [2.24, 2.45) is 0 Å². The molecule has 0 radical (unpaired) electrons. The summed E-state index contributed by atoms with van der Waals surface area (Å²) in [5.74, 6) is 0.811. The van der Waals surface area contributed by atoms with Gasteiger partial charge in [-0.25, -0.2) is 0 Å². The number of hydrogen-bond donors (Lipinski definition) is 1. The number of piperidine rings is 1. The summed E-state index contributed by atoms with van der Waals surface area (Å²) >= 11 is 0. The minimum Gasteiger partial charge on any atom is -0.366 e. The van der Waals surface area contributed by atoms with Gasteiger partial charge in [-0.2, -0.15) is 0 Å². The largest absolute Gasteiger partial charge is 0.366 e. The number of hydrogen-bond acceptors (Lipinski definition) is 5. The second-order valence-corrected chi connectivity index (χ2v) is 6.44. The number of nitrogens with one attached hydrogen (secondary N) is 1. The Balaban J connectivity index is 2.12. The monoisotopic (exact) mass is 249 g/mol. The van der Waals surface area contributed by atoms with Crippen molar-refractivity contribution in [1.29, 1.82) is 0 Å². The van der Waals surface area contributed by atoms with Crippen molar-refractivity contribution >= 4 is 5.82 Å². The summed E-state index contributed by atoms with van der Waals surface area (Å²) in [7, 11) is 2.21. The second kappa shape index (κ2) is 4.46. The van der Waals surface area contributed by atoms with Gasteiger partial charge in [0, 0.05) is 23.2 Å². The Bertz CT molecular complexity index is 383. The average molecular weight is 249 g/mol. The van der Waals surface area contributed by atoms with E-state index < -0.39 is 0 Å². The van der Waals surface area contributed by atoms with Gasteiger partial charge in [0.05, 0.1) is 6.20 Å². The van der Waals surface area contributed by atoms with Crippen LogP contribution in [0.2, 0.25) is 0 Å². The fourth-order valence-corrected chi connectivity index (χ4v) is 3.00. The molecule has 1 aromatic rings. The first-order valence-corrected chi connectivity index (χ1v) is 6.46. The van der Waals surface area contributed by atoms with Crippen LogP contribution in [0.25, 0.3) is 0 Å². The van der Waals surface area contributed by atoms with Crippen molar-refractivity contribution in [3.63, 3.8) is 0 Å². The van der Waals surface area contributed by atoms with Gasteiger partial charge in [-0.3, -0.25) is 4.90 Å². The summed E-state index contributed by atoms with van der Waals surface area (Å²) in [5.41, 5.74) is 0.361. The zero-order chi connectivity index (χ0) is 13.4. The van der Waals surface area contributed by atoms with Crippen molar-refractivity contribution in [2.75, 3.05) is 12.4 Å². The Morgan fingerprint density at radius 1 is 1.22 bits per heavy atom. The van der Waals surface area contributed by atoms with Crippen molar-refractivity contribution < 1.29 is 0 Å². The molecule has 0 atom stereocenters. The molecule has 0 aliphatic carbocycles. The molecule has 100 valence electrons. The topological polar surface area (TPSA) is 53.9 Å². The van der Waals surface area contributed by atoms with Gasteiger partial charge in [0.2, 0.25) is 0 Å². The van der Waals surface area contributed by atoms with Crippen LogP contribution in [0.5, 0.6) is 0 Å². The number of rotatable bonds is 2. The van der Waals surface area contributed by atoms with E-state index in [1.807, 2.05) is 6.07 Å². The number of anilines is 1. The maximum absolute atomic E-state index is 4.00. The summed E-state index contributed by atoms with van der Waals surface area (Å²) in [6.07, 6.45) is 3.86. The molecule has 0 spiro atoms. The third-order valence-corrected chi connectivity index (χ3v) is 4.16. The first-order chi connectivity index (χ1) is 8.31. The lowest BCUT2D eigenvalue weighted by Gasteiger charge is -2.53. The molecule has 5 nitrogen and oxygen atoms in total. The van der Waals surface area contributed by atoms with Gasteiger partial charge in [0.15, 0.2) is 5.82 Å². The minimum atomic E-state index is 0.180. The molecule has 18 heavy (non-hydrogen) atoms.